The van der Waals surface area contributed by atoms with Crippen molar-refractivity contribution in [2.45, 2.75) is 198 Å². The summed E-state index contributed by atoms with van der Waals surface area (Å²) in [6.45, 7) is 2.99. The van der Waals surface area contributed by atoms with Crippen LogP contribution in [-0.4, -0.2) is 110 Å². The molecule has 0 heterocycles. The molecule has 66 heavy (non-hydrogen) atoms. The number of esters is 2. The van der Waals surface area contributed by atoms with Crippen molar-refractivity contribution in [3.05, 3.63) is 97.2 Å². The number of hydrogen-bond donors (Lipinski definition) is 7. The fraction of sp³-hybridized carbons (Fsp3) is 0.647. The Morgan fingerprint density at radius 2 is 1.08 bits per heavy atom. The quantitative estimate of drug-likeness (QED) is 0.0101. The summed E-state index contributed by atoms with van der Waals surface area (Å²) in [6, 6.07) is 0. The van der Waals surface area contributed by atoms with Gasteiger partial charge in [0.2, 0.25) is 0 Å². The first-order chi connectivity index (χ1) is 31.8. The lowest BCUT2D eigenvalue weighted by Crippen LogP contribution is -2.64. The third-order valence-electron chi connectivity index (χ3n) is 10.5. The van der Waals surface area contributed by atoms with Gasteiger partial charge in [-0.3, -0.25) is 18.6 Å². The molecule has 7 N–H and O–H groups in total. The van der Waals surface area contributed by atoms with Crippen molar-refractivity contribution in [1.82, 2.24) is 0 Å². The summed E-state index contributed by atoms with van der Waals surface area (Å²) in [7, 11) is -5.17. The summed E-state index contributed by atoms with van der Waals surface area (Å²) in [5.41, 5.74) is 0. The maximum Gasteiger partial charge on any atom is 0.472 e. The highest BCUT2D eigenvalue weighted by Gasteiger charge is 2.51. The van der Waals surface area contributed by atoms with Gasteiger partial charge in [0, 0.05) is 12.8 Å². The molecule has 0 aromatic rings. The van der Waals surface area contributed by atoms with Crippen LogP contribution in [0.4, 0.5) is 0 Å². The van der Waals surface area contributed by atoms with Crippen molar-refractivity contribution in [2.75, 3.05) is 13.2 Å². The standard InChI is InChI=1S/C51H83O14P/c1-3-5-7-9-11-13-15-17-18-19-20-22-24-26-28-30-34-39-45(54)64-43(41-63-66(60,61)65-51-49(58)47(56)46(55)48(57)50(51)59)40-62-44(53)38-35-31-33-37-42(52)36-32-29-27-25-23-21-16-14-12-10-8-6-4-2/h6,8,11-14,17-18,21,23,27,29,31-33,36,42-43,46-52,55-59H,3-5,7,9-10,15-16,19-20,22,24-26,28,30,34-35,37-41H2,1-2H3,(H,60,61)/b8-6-,13-11-,14-12-,18-17-,23-21-,29-27-,33-31-,36-32-/t42?,43-,46?,47-,48+,49-,50-,51?/m1/s1. The van der Waals surface area contributed by atoms with Crippen molar-refractivity contribution in [3.8, 4) is 0 Å². The molecular formula is C51H83O14P. The molecule has 1 aliphatic rings. The first-order valence-electron chi connectivity index (χ1n) is 24.1. The zero-order valence-corrected chi connectivity index (χ0v) is 40.4. The Labute approximate surface area is 394 Å². The highest BCUT2D eigenvalue weighted by Crippen LogP contribution is 2.47. The Morgan fingerprint density at radius 3 is 1.68 bits per heavy atom. The van der Waals surface area contributed by atoms with Crippen molar-refractivity contribution in [3.63, 3.8) is 0 Å². The molecule has 0 amide bonds. The number of phosphoric acid groups is 1. The van der Waals surface area contributed by atoms with Gasteiger partial charge in [0.1, 0.15) is 43.2 Å². The minimum Gasteiger partial charge on any atom is -0.462 e. The second kappa shape index (κ2) is 39.7. The van der Waals surface area contributed by atoms with E-state index in [2.05, 4.69) is 74.6 Å². The van der Waals surface area contributed by atoms with Crippen molar-refractivity contribution in [2.24, 2.45) is 0 Å². The molecule has 0 radical (unpaired) electrons. The van der Waals surface area contributed by atoms with Gasteiger partial charge in [0.15, 0.2) is 6.10 Å². The molecule has 376 valence electrons. The first kappa shape index (κ1) is 60.7. The molecule has 14 nitrogen and oxygen atoms in total. The molecule has 0 saturated heterocycles. The average Bonchev–Trinajstić information content (AvgIpc) is 3.29. The van der Waals surface area contributed by atoms with E-state index in [0.29, 0.717) is 19.3 Å². The van der Waals surface area contributed by atoms with Gasteiger partial charge in [-0.05, 0) is 77.0 Å². The number of aliphatic hydroxyl groups excluding tert-OH is 6. The number of hydrogen-bond acceptors (Lipinski definition) is 13. The van der Waals surface area contributed by atoms with Crippen LogP contribution in [0.1, 0.15) is 149 Å². The van der Waals surface area contributed by atoms with E-state index < -0.39 is 81.8 Å². The third-order valence-corrected chi connectivity index (χ3v) is 11.5. The summed E-state index contributed by atoms with van der Waals surface area (Å²) in [6.07, 6.45) is 36.2. The van der Waals surface area contributed by atoms with Crippen LogP contribution in [0.5, 0.6) is 0 Å². The number of allylic oxidation sites excluding steroid dienone is 14. The molecule has 9 atom stereocenters. The van der Waals surface area contributed by atoms with E-state index in [0.717, 1.165) is 83.5 Å². The van der Waals surface area contributed by atoms with Crippen molar-refractivity contribution in [1.29, 1.82) is 0 Å². The smallest absolute Gasteiger partial charge is 0.462 e. The second-order valence-corrected chi connectivity index (χ2v) is 17.8. The molecule has 1 saturated carbocycles. The SMILES string of the molecule is CC/C=C\C/C=C\C/C=C\C/C=C\C=C/C(O)C/C=C\CCC(=O)OC[C@H](COP(=O)(O)OC1[C@H](O)[C@H](O)C(O)[C@H](O)[C@H]1O)OC(=O)CCCCCCCCC/C=C\C/C=C\CCCCC. The lowest BCUT2D eigenvalue weighted by Gasteiger charge is -2.41. The highest BCUT2D eigenvalue weighted by atomic mass is 31.2. The van der Waals surface area contributed by atoms with E-state index in [1.165, 1.54) is 19.3 Å². The number of aliphatic hydroxyl groups is 6. The number of carbonyl (C=O) groups excluding carboxylic acids is 2. The van der Waals surface area contributed by atoms with Crippen LogP contribution in [-0.2, 0) is 32.7 Å². The van der Waals surface area contributed by atoms with Crippen LogP contribution < -0.4 is 0 Å². The average molecular weight is 951 g/mol. The normalized spacial score (nSPS) is 22.6. The highest BCUT2D eigenvalue weighted by molar-refractivity contribution is 7.47. The maximum atomic E-state index is 12.8. The molecule has 1 aliphatic carbocycles. The van der Waals surface area contributed by atoms with Gasteiger partial charge in [0.25, 0.3) is 0 Å². The monoisotopic (exact) mass is 951 g/mol. The Hall–Kier alpha value is -3.27. The summed E-state index contributed by atoms with van der Waals surface area (Å²) in [4.78, 5) is 35.8. The zero-order chi connectivity index (χ0) is 48.7. The third kappa shape index (κ3) is 31.7. The lowest BCUT2D eigenvalue weighted by molar-refractivity contribution is -0.220. The largest absolute Gasteiger partial charge is 0.472 e. The number of phosphoric ester groups is 1. The summed E-state index contributed by atoms with van der Waals surface area (Å²) < 4.78 is 33.4. The van der Waals surface area contributed by atoms with Crippen molar-refractivity contribution >= 4 is 19.8 Å². The number of unbranched alkanes of at least 4 members (excludes halogenated alkanes) is 10. The Balaban J connectivity index is 2.55. The number of ether oxygens (including phenoxy) is 2. The molecule has 0 aliphatic heterocycles. The van der Waals surface area contributed by atoms with E-state index in [1.807, 2.05) is 12.2 Å². The van der Waals surface area contributed by atoms with Gasteiger partial charge in [-0.1, -0.05) is 156 Å². The van der Waals surface area contributed by atoms with Crippen molar-refractivity contribution < 1.29 is 68.2 Å². The minimum atomic E-state index is -5.17. The minimum absolute atomic E-state index is 0.0451. The van der Waals surface area contributed by atoms with Crippen LogP contribution in [0.2, 0.25) is 0 Å². The van der Waals surface area contributed by atoms with E-state index in [9.17, 15) is 49.7 Å². The molecular weight excluding hydrogens is 868 g/mol. The molecule has 1 fully saturated rings. The molecule has 0 spiro atoms. The maximum absolute atomic E-state index is 12.8. The van der Waals surface area contributed by atoms with Crippen LogP contribution in [0.15, 0.2) is 97.2 Å². The van der Waals surface area contributed by atoms with Gasteiger partial charge in [-0.15, -0.1) is 0 Å². The topological polar surface area (TPSA) is 230 Å². The van der Waals surface area contributed by atoms with Crippen LogP contribution in [0, 0.1) is 0 Å². The summed E-state index contributed by atoms with van der Waals surface area (Å²) in [5, 5.41) is 60.4. The fourth-order valence-electron chi connectivity index (χ4n) is 6.60. The summed E-state index contributed by atoms with van der Waals surface area (Å²) >= 11 is 0. The predicted octanol–water partition coefficient (Wildman–Crippen LogP) is 8.80. The van der Waals surface area contributed by atoms with E-state index in [1.54, 1.807) is 24.3 Å². The van der Waals surface area contributed by atoms with Crippen LogP contribution in [0.25, 0.3) is 0 Å². The molecule has 0 aromatic carbocycles. The van der Waals surface area contributed by atoms with Crippen LogP contribution >= 0.6 is 7.82 Å². The van der Waals surface area contributed by atoms with E-state index in [-0.39, 0.29) is 12.8 Å². The molecule has 15 heteroatoms. The Bertz CT molecular complexity index is 1540. The Kier molecular flexibility index (Phi) is 36.5. The molecule has 4 unspecified atom stereocenters. The Morgan fingerprint density at radius 1 is 0.561 bits per heavy atom. The molecule has 0 aromatic heterocycles. The lowest BCUT2D eigenvalue weighted by atomic mass is 9.85. The molecule has 1 rings (SSSR count). The van der Waals surface area contributed by atoms with Gasteiger partial charge in [0.05, 0.1) is 12.7 Å². The van der Waals surface area contributed by atoms with E-state index in [4.69, 9.17) is 18.5 Å². The second-order valence-electron chi connectivity index (χ2n) is 16.4. The van der Waals surface area contributed by atoms with Gasteiger partial charge < -0.3 is 45.0 Å². The predicted molar refractivity (Wildman–Crippen MR) is 259 cm³/mol. The van der Waals surface area contributed by atoms with Crippen LogP contribution in [0.3, 0.4) is 0 Å². The fourth-order valence-corrected chi connectivity index (χ4v) is 7.58. The van der Waals surface area contributed by atoms with Gasteiger partial charge in [-0.25, -0.2) is 4.57 Å². The first-order valence-corrected chi connectivity index (χ1v) is 25.6. The van der Waals surface area contributed by atoms with Gasteiger partial charge in [-0.2, -0.15) is 0 Å². The zero-order valence-electron chi connectivity index (χ0n) is 39.6. The number of carbonyl (C=O) groups is 2. The molecule has 0 bridgehead atoms. The number of rotatable bonds is 38. The summed E-state index contributed by atoms with van der Waals surface area (Å²) in [5.74, 6) is -1.30. The van der Waals surface area contributed by atoms with E-state index >= 15 is 0 Å². The van der Waals surface area contributed by atoms with Gasteiger partial charge >= 0.3 is 19.8 Å².